The second-order valence-electron chi connectivity index (χ2n) is 5.27. The normalized spacial score (nSPS) is 19.6. The standard InChI is InChI=1S/C17H16FNO3/c1-22-11-6-7-13(14(18)9-11)17(21)19-16-12-5-3-2-4-10(12)8-15(16)20/h2-7,9,15-16,20H,8H2,1H3,(H,19,21)/t15-,16+/m1/s1. The van der Waals surface area contributed by atoms with Crippen LogP contribution in [-0.4, -0.2) is 24.2 Å². The minimum absolute atomic E-state index is 0.0719. The number of benzene rings is 2. The number of amides is 1. The lowest BCUT2D eigenvalue weighted by Gasteiger charge is -2.18. The minimum Gasteiger partial charge on any atom is -0.497 e. The van der Waals surface area contributed by atoms with Gasteiger partial charge in [-0.25, -0.2) is 4.39 Å². The van der Waals surface area contributed by atoms with E-state index < -0.39 is 23.9 Å². The Balaban J connectivity index is 1.83. The molecule has 2 N–H and O–H groups in total. The first-order chi connectivity index (χ1) is 10.6. The number of methoxy groups -OCH3 is 1. The number of ether oxygens (including phenoxy) is 1. The monoisotopic (exact) mass is 301 g/mol. The van der Waals surface area contributed by atoms with Crippen molar-refractivity contribution < 1.29 is 19.0 Å². The summed E-state index contributed by atoms with van der Waals surface area (Å²) in [6.45, 7) is 0. The second kappa shape index (κ2) is 5.77. The van der Waals surface area contributed by atoms with E-state index in [9.17, 15) is 14.3 Å². The Morgan fingerprint density at radius 2 is 2.09 bits per heavy atom. The second-order valence-corrected chi connectivity index (χ2v) is 5.27. The maximum absolute atomic E-state index is 14.0. The molecule has 0 saturated heterocycles. The van der Waals surface area contributed by atoms with Gasteiger partial charge in [-0.05, 0) is 23.3 Å². The molecule has 1 amide bonds. The highest BCUT2D eigenvalue weighted by molar-refractivity contribution is 5.95. The van der Waals surface area contributed by atoms with Crippen molar-refractivity contribution in [2.75, 3.05) is 7.11 Å². The van der Waals surface area contributed by atoms with Gasteiger partial charge in [-0.15, -0.1) is 0 Å². The van der Waals surface area contributed by atoms with Crippen LogP contribution >= 0.6 is 0 Å². The molecule has 0 fully saturated rings. The molecule has 0 aliphatic heterocycles. The van der Waals surface area contributed by atoms with Crippen molar-refractivity contribution in [2.24, 2.45) is 0 Å². The zero-order valence-corrected chi connectivity index (χ0v) is 12.0. The number of rotatable bonds is 3. The van der Waals surface area contributed by atoms with Gasteiger partial charge in [-0.2, -0.15) is 0 Å². The Morgan fingerprint density at radius 1 is 1.32 bits per heavy atom. The van der Waals surface area contributed by atoms with E-state index in [1.165, 1.54) is 19.2 Å². The number of halogens is 1. The van der Waals surface area contributed by atoms with Gasteiger partial charge in [0.15, 0.2) is 0 Å². The van der Waals surface area contributed by atoms with Crippen LogP contribution < -0.4 is 10.1 Å². The third kappa shape index (κ3) is 2.55. The number of carbonyl (C=O) groups is 1. The molecule has 114 valence electrons. The Hall–Kier alpha value is -2.40. The fourth-order valence-corrected chi connectivity index (χ4v) is 2.77. The van der Waals surface area contributed by atoms with E-state index in [0.29, 0.717) is 12.2 Å². The molecule has 5 heteroatoms. The van der Waals surface area contributed by atoms with E-state index >= 15 is 0 Å². The number of aliphatic hydroxyl groups excluding tert-OH is 1. The molecule has 22 heavy (non-hydrogen) atoms. The number of fused-ring (bicyclic) bond motifs is 1. The largest absolute Gasteiger partial charge is 0.497 e. The number of nitrogens with one attached hydrogen (secondary N) is 1. The molecule has 1 aliphatic carbocycles. The van der Waals surface area contributed by atoms with Gasteiger partial charge in [0.05, 0.1) is 24.8 Å². The zero-order chi connectivity index (χ0) is 15.7. The lowest BCUT2D eigenvalue weighted by Crippen LogP contribution is -2.34. The highest BCUT2D eigenvalue weighted by Gasteiger charge is 2.32. The van der Waals surface area contributed by atoms with Crippen LogP contribution in [0, 0.1) is 5.82 Å². The number of hydrogen-bond donors (Lipinski definition) is 2. The fourth-order valence-electron chi connectivity index (χ4n) is 2.77. The molecule has 2 aromatic carbocycles. The Kier molecular flexibility index (Phi) is 3.81. The SMILES string of the molecule is COc1ccc(C(=O)N[C@H]2c3ccccc3C[C@H]2O)c(F)c1. The topological polar surface area (TPSA) is 58.6 Å². The van der Waals surface area contributed by atoms with E-state index in [0.717, 1.165) is 17.2 Å². The van der Waals surface area contributed by atoms with Gasteiger partial charge < -0.3 is 15.2 Å². The van der Waals surface area contributed by atoms with E-state index in [1.54, 1.807) is 0 Å². The molecule has 1 aliphatic rings. The van der Waals surface area contributed by atoms with Crippen LogP contribution in [0.4, 0.5) is 4.39 Å². The highest BCUT2D eigenvalue weighted by Crippen LogP contribution is 2.31. The summed E-state index contributed by atoms with van der Waals surface area (Å²) < 4.78 is 18.9. The maximum Gasteiger partial charge on any atom is 0.254 e. The molecule has 0 spiro atoms. The molecule has 0 bridgehead atoms. The average Bonchev–Trinajstić information content (AvgIpc) is 2.83. The first-order valence-corrected chi connectivity index (χ1v) is 7.00. The van der Waals surface area contributed by atoms with Gasteiger partial charge in [0.25, 0.3) is 5.91 Å². The van der Waals surface area contributed by atoms with Crippen LogP contribution in [0.25, 0.3) is 0 Å². The molecule has 4 nitrogen and oxygen atoms in total. The van der Waals surface area contributed by atoms with Crippen LogP contribution in [0.2, 0.25) is 0 Å². The Bertz CT molecular complexity index is 717. The summed E-state index contributed by atoms with van der Waals surface area (Å²) in [5.41, 5.74) is 1.80. The van der Waals surface area contributed by atoms with Crippen LogP contribution in [0.1, 0.15) is 27.5 Å². The smallest absolute Gasteiger partial charge is 0.254 e. The molecular formula is C17H16FNO3. The summed E-state index contributed by atoms with van der Waals surface area (Å²) >= 11 is 0. The van der Waals surface area contributed by atoms with Crippen molar-refractivity contribution >= 4 is 5.91 Å². The summed E-state index contributed by atoms with van der Waals surface area (Å²) in [6, 6.07) is 11.1. The predicted octanol–water partition coefficient (Wildman–Crippen LogP) is 2.22. The van der Waals surface area contributed by atoms with Crippen molar-refractivity contribution in [3.63, 3.8) is 0 Å². The number of carbonyl (C=O) groups excluding carboxylic acids is 1. The number of hydrogen-bond acceptors (Lipinski definition) is 3. The molecule has 2 aromatic rings. The molecule has 0 unspecified atom stereocenters. The summed E-state index contributed by atoms with van der Waals surface area (Å²) in [5.74, 6) is -0.862. The van der Waals surface area contributed by atoms with Crippen molar-refractivity contribution in [3.8, 4) is 5.75 Å². The fraction of sp³-hybridized carbons (Fsp3) is 0.235. The van der Waals surface area contributed by atoms with Gasteiger partial charge in [0.1, 0.15) is 11.6 Å². The zero-order valence-electron chi connectivity index (χ0n) is 12.0. The van der Waals surface area contributed by atoms with Gasteiger partial charge in [-0.3, -0.25) is 4.79 Å². The van der Waals surface area contributed by atoms with Gasteiger partial charge in [0.2, 0.25) is 0 Å². The van der Waals surface area contributed by atoms with Gasteiger partial charge >= 0.3 is 0 Å². The molecule has 0 aromatic heterocycles. The third-order valence-corrected chi connectivity index (χ3v) is 3.91. The van der Waals surface area contributed by atoms with E-state index in [1.807, 2.05) is 24.3 Å². The summed E-state index contributed by atoms with van der Waals surface area (Å²) in [6.07, 6.45) is -0.227. The molecule has 2 atom stereocenters. The van der Waals surface area contributed by atoms with Crippen molar-refractivity contribution in [3.05, 3.63) is 65.0 Å². The first kappa shape index (κ1) is 14.5. The van der Waals surface area contributed by atoms with Gasteiger partial charge in [-0.1, -0.05) is 24.3 Å². The number of aliphatic hydroxyl groups is 1. The van der Waals surface area contributed by atoms with Crippen molar-refractivity contribution in [2.45, 2.75) is 18.6 Å². The maximum atomic E-state index is 14.0. The quantitative estimate of drug-likeness (QED) is 0.914. The highest BCUT2D eigenvalue weighted by atomic mass is 19.1. The van der Waals surface area contributed by atoms with E-state index in [2.05, 4.69) is 5.32 Å². The molecule has 0 radical (unpaired) electrons. The molecule has 0 heterocycles. The van der Waals surface area contributed by atoms with Gasteiger partial charge in [0, 0.05) is 12.5 Å². The molecular weight excluding hydrogens is 285 g/mol. The minimum atomic E-state index is -0.706. The van der Waals surface area contributed by atoms with Crippen LogP contribution in [0.5, 0.6) is 5.75 Å². The van der Waals surface area contributed by atoms with Crippen LogP contribution in [0.3, 0.4) is 0 Å². The average molecular weight is 301 g/mol. The van der Waals surface area contributed by atoms with E-state index in [4.69, 9.17) is 4.74 Å². The first-order valence-electron chi connectivity index (χ1n) is 7.00. The molecule has 0 saturated carbocycles. The van der Waals surface area contributed by atoms with Crippen LogP contribution in [0.15, 0.2) is 42.5 Å². The third-order valence-electron chi connectivity index (χ3n) is 3.91. The van der Waals surface area contributed by atoms with Crippen LogP contribution in [-0.2, 0) is 6.42 Å². The Labute approximate surface area is 127 Å². The van der Waals surface area contributed by atoms with E-state index in [-0.39, 0.29) is 5.56 Å². The predicted molar refractivity (Wildman–Crippen MR) is 79.3 cm³/mol. The Morgan fingerprint density at radius 3 is 2.82 bits per heavy atom. The summed E-state index contributed by atoms with van der Waals surface area (Å²) in [4.78, 5) is 12.3. The lowest BCUT2D eigenvalue weighted by molar-refractivity contribution is 0.0854. The van der Waals surface area contributed by atoms with Crippen molar-refractivity contribution in [1.82, 2.24) is 5.32 Å². The summed E-state index contributed by atoms with van der Waals surface area (Å²) in [5, 5.41) is 12.8. The van der Waals surface area contributed by atoms with Crippen molar-refractivity contribution in [1.29, 1.82) is 0 Å². The molecule has 3 rings (SSSR count). The lowest BCUT2D eigenvalue weighted by atomic mass is 10.1. The summed E-state index contributed by atoms with van der Waals surface area (Å²) in [7, 11) is 1.43.